The topological polar surface area (TPSA) is 65.8 Å². The van der Waals surface area contributed by atoms with Crippen molar-refractivity contribution in [3.05, 3.63) is 89.4 Å². The summed E-state index contributed by atoms with van der Waals surface area (Å²) in [6.07, 6.45) is -2.88. The molecule has 1 saturated heterocycles. The Balaban J connectivity index is 1.43. The molecule has 1 aromatic heterocycles. The van der Waals surface area contributed by atoms with Crippen molar-refractivity contribution >= 4 is 17.5 Å². The largest absolute Gasteiger partial charge is 0.459 e. The van der Waals surface area contributed by atoms with Crippen molar-refractivity contribution in [2.75, 3.05) is 24.5 Å². The van der Waals surface area contributed by atoms with Gasteiger partial charge in [0.1, 0.15) is 0 Å². The van der Waals surface area contributed by atoms with Crippen LogP contribution in [0.3, 0.4) is 0 Å². The van der Waals surface area contributed by atoms with E-state index in [1.807, 2.05) is 35.2 Å². The molecule has 0 saturated carbocycles. The van der Waals surface area contributed by atoms with Gasteiger partial charge in [0.05, 0.1) is 23.8 Å². The molecule has 1 N–H and O–H groups in total. The lowest BCUT2D eigenvalue weighted by Gasteiger charge is -2.49. The number of halogens is 3. The second-order valence-corrected chi connectivity index (χ2v) is 8.84. The molecule has 3 aromatic rings. The second-order valence-electron chi connectivity index (χ2n) is 8.84. The Bertz CT molecular complexity index is 1210. The number of hydrogen-bond acceptors (Lipinski definition) is 4. The van der Waals surface area contributed by atoms with Gasteiger partial charge in [-0.3, -0.25) is 9.59 Å². The lowest BCUT2D eigenvalue weighted by atomic mass is 9.82. The average molecular weight is 483 g/mol. The van der Waals surface area contributed by atoms with E-state index in [-0.39, 0.29) is 36.6 Å². The third-order valence-corrected chi connectivity index (χ3v) is 6.70. The Hall–Kier alpha value is -3.75. The Labute approximate surface area is 200 Å². The second kappa shape index (κ2) is 9.13. The van der Waals surface area contributed by atoms with Gasteiger partial charge in [-0.05, 0) is 47.9 Å². The molecule has 2 aliphatic rings. The van der Waals surface area contributed by atoms with Crippen molar-refractivity contribution in [3.8, 4) is 0 Å². The number of alkyl halides is 3. The molecule has 0 bridgehead atoms. The molecule has 2 atom stereocenters. The van der Waals surface area contributed by atoms with Crippen molar-refractivity contribution < 1.29 is 27.2 Å². The number of carbonyl (C=O) groups is 2. The number of hydrogen-bond donors (Lipinski definition) is 1. The molecule has 0 spiro atoms. The van der Waals surface area contributed by atoms with Gasteiger partial charge in [-0.25, -0.2) is 0 Å². The third kappa shape index (κ3) is 4.62. The van der Waals surface area contributed by atoms with Crippen LogP contribution >= 0.6 is 0 Å². The lowest BCUT2D eigenvalue weighted by Crippen LogP contribution is -2.62. The Kier molecular flexibility index (Phi) is 6.00. The van der Waals surface area contributed by atoms with Crippen LogP contribution < -0.4 is 10.2 Å². The number of amides is 2. The van der Waals surface area contributed by atoms with Crippen LogP contribution in [0.5, 0.6) is 0 Å². The third-order valence-electron chi connectivity index (χ3n) is 6.70. The van der Waals surface area contributed by atoms with Gasteiger partial charge in [0.15, 0.2) is 5.76 Å². The number of anilines is 1. The molecule has 6 nitrogen and oxygen atoms in total. The highest BCUT2D eigenvalue weighted by Crippen LogP contribution is 2.40. The maximum atomic E-state index is 13.4. The molecule has 5 rings (SSSR count). The van der Waals surface area contributed by atoms with Crippen LogP contribution in [-0.2, 0) is 23.9 Å². The molecule has 3 heterocycles. The number of benzene rings is 2. The van der Waals surface area contributed by atoms with Gasteiger partial charge in [-0.1, -0.05) is 30.3 Å². The van der Waals surface area contributed by atoms with Crippen molar-refractivity contribution in [1.82, 2.24) is 10.2 Å². The maximum absolute atomic E-state index is 13.4. The Morgan fingerprint density at radius 2 is 1.83 bits per heavy atom. The molecule has 1 fully saturated rings. The van der Waals surface area contributed by atoms with E-state index >= 15 is 0 Å². The standard InChI is InChI=1S/C26H24F3N3O3/c27-26(28,29)19-8-9-21-18(13-19)14-20(24(33)30-15-17-5-2-1-3-6-17)22-16-31(10-11-32(21)22)25(34)23-7-4-12-35-23/h1-9,12-13,20,22H,10-11,14-16H2,(H,30,33)/t20-,22+/m1/s1. The van der Waals surface area contributed by atoms with Crippen LogP contribution in [0.15, 0.2) is 71.3 Å². The minimum Gasteiger partial charge on any atom is -0.459 e. The Morgan fingerprint density at radius 1 is 1.03 bits per heavy atom. The minimum atomic E-state index is -4.47. The average Bonchev–Trinajstić information content (AvgIpc) is 3.41. The smallest absolute Gasteiger partial charge is 0.416 e. The van der Waals surface area contributed by atoms with E-state index < -0.39 is 17.7 Å². The first kappa shape index (κ1) is 23.0. The van der Waals surface area contributed by atoms with Gasteiger partial charge in [0.25, 0.3) is 5.91 Å². The van der Waals surface area contributed by atoms with Crippen molar-refractivity contribution in [3.63, 3.8) is 0 Å². The summed E-state index contributed by atoms with van der Waals surface area (Å²) in [5, 5.41) is 2.94. The SMILES string of the molecule is O=C(NCc1ccccc1)[C@@H]1Cc2cc(C(F)(F)F)ccc2N2CCN(C(=O)c3ccco3)C[C@@H]12. The van der Waals surface area contributed by atoms with Crippen LogP contribution in [0.1, 0.15) is 27.2 Å². The van der Waals surface area contributed by atoms with Crippen molar-refractivity contribution in [1.29, 1.82) is 0 Å². The number of carbonyl (C=O) groups excluding carboxylic acids is 2. The highest BCUT2D eigenvalue weighted by molar-refractivity contribution is 5.92. The predicted octanol–water partition coefficient (Wildman–Crippen LogP) is 4.12. The predicted molar refractivity (Wildman–Crippen MR) is 123 cm³/mol. The number of nitrogens with zero attached hydrogens (tertiary/aromatic N) is 2. The summed E-state index contributed by atoms with van der Waals surface area (Å²) in [5.41, 5.74) is 1.36. The summed E-state index contributed by atoms with van der Waals surface area (Å²) in [6, 6.07) is 16.0. The molecule has 35 heavy (non-hydrogen) atoms. The van der Waals surface area contributed by atoms with Gasteiger partial charge >= 0.3 is 6.18 Å². The quantitative estimate of drug-likeness (QED) is 0.607. The first-order valence-electron chi connectivity index (χ1n) is 11.4. The molecule has 0 unspecified atom stereocenters. The summed E-state index contributed by atoms with van der Waals surface area (Å²) in [5.74, 6) is -0.924. The van der Waals surface area contributed by atoms with E-state index in [0.29, 0.717) is 30.9 Å². The summed E-state index contributed by atoms with van der Waals surface area (Å²) >= 11 is 0. The normalized spacial score (nSPS) is 19.6. The van der Waals surface area contributed by atoms with E-state index in [0.717, 1.165) is 17.7 Å². The van der Waals surface area contributed by atoms with E-state index in [9.17, 15) is 22.8 Å². The first-order chi connectivity index (χ1) is 16.8. The van der Waals surface area contributed by atoms with Crippen molar-refractivity contribution in [2.45, 2.75) is 25.2 Å². The summed E-state index contributed by atoms with van der Waals surface area (Å²) in [4.78, 5) is 29.9. The van der Waals surface area contributed by atoms with Crippen LogP contribution in [0.25, 0.3) is 0 Å². The lowest BCUT2D eigenvalue weighted by molar-refractivity contribution is -0.137. The highest BCUT2D eigenvalue weighted by Gasteiger charge is 2.43. The zero-order valence-electron chi connectivity index (χ0n) is 18.8. The Morgan fingerprint density at radius 3 is 2.54 bits per heavy atom. The minimum absolute atomic E-state index is 0.157. The number of rotatable bonds is 4. The molecule has 9 heteroatoms. The zero-order valence-corrected chi connectivity index (χ0v) is 18.8. The molecule has 2 aliphatic heterocycles. The van der Waals surface area contributed by atoms with Crippen LogP contribution in [0.2, 0.25) is 0 Å². The zero-order chi connectivity index (χ0) is 24.6. The maximum Gasteiger partial charge on any atom is 0.416 e. The summed E-state index contributed by atoms with van der Waals surface area (Å²) in [7, 11) is 0. The number of fused-ring (bicyclic) bond motifs is 3. The first-order valence-corrected chi connectivity index (χ1v) is 11.4. The monoisotopic (exact) mass is 483 g/mol. The molecule has 182 valence electrons. The van der Waals surface area contributed by atoms with Gasteiger partial charge in [-0.15, -0.1) is 0 Å². The molecular weight excluding hydrogens is 459 g/mol. The van der Waals surface area contributed by atoms with Gasteiger partial charge in [0, 0.05) is 31.9 Å². The molecule has 0 aliphatic carbocycles. The summed E-state index contributed by atoms with van der Waals surface area (Å²) < 4.78 is 45.4. The number of furan rings is 1. The van der Waals surface area contributed by atoms with Crippen molar-refractivity contribution in [2.24, 2.45) is 5.92 Å². The van der Waals surface area contributed by atoms with Gasteiger partial charge in [-0.2, -0.15) is 13.2 Å². The molecule has 2 aromatic carbocycles. The van der Waals surface area contributed by atoms with Gasteiger partial charge < -0.3 is 19.5 Å². The summed E-state index contributed by atoms with van der Waals surface area (Å²) in [6.45, 7) is 1.35. The fourth-order valence-corrected chi connectivity index (χ4v) is 4.96. The fraction of sp³-hybridized carbons (Fsp3) is 0.308. The molecule has 2 amide bonds. The number of piperazine rings is 1. The fourth-order valence-electron chi connectivity index (χ4n) is 4.96. The van der Waals surface area contributed by atoms with E-state index in [1.165, 1.54) is 12.3 Å². The van der Waals surface area contributed by atoms with Crippen LogP contribution in [-0.4, -0.2) is 42.4 Å². The number of nitrogens with one attached hydrogen (secondary N) is 1. The van der Waals surface area contributed by atoms with Gasteiger partial charge in [0.2, 0.25) is 5.91 Å². The van der Waals surface area contributed by atoms with E-state index in [1.54, 1.807) is 17.0 Å². The van der Waals surface area contributed by atoms with E-state index in [4.69, 9.17) is 4.42 Å². The van der Waals surface area contributed by atoms with Crippen LogP contribution in [0, 0.1) is 5.92 Å². The van der Waals surface area contributed by atoms with Crippen LogP contribution in [0.4, 0.5) is 18.9 Å². The molecular formula is C26H24F3N3O3. The molecule has 0 radical (unpaired) electrons. The highest BCUT2D eigenvalue weighted by atomic mass is 19.4. The van der Waals surface area contributed by atoms with E-state index in [2.05, 4.69) is 5.32 Å².